The number of benzene rings is 1. The van der Waals surface area contributed by atoms with E-state index >= 15 is 0 Å². The highest BCUT2D eigenvalue weighted by Gasteiger charge is 2.19. The lowest BCUT2D eigenvalue weighted by atomic mass is 9.94. The molecule has 2 atom stereocenters. The van der Waals surface area contributed by atoms with Crippen molar-refractivity contribution in [3.63, 3.8) is 0 Å². The van der Waals surface area contributed by atoms with Gasteiger partial charge in [0.2, 0.25) is 0 Å². The second kappa shape index (κ2) is 6.02. The molecule has 0 radical (unpaired) electrons. The smallest absolute Gasteiger partial charge is 0.305 e. The molecule has 0 aliphatic carbocycles. The third kappa shape index (κ3) is 3.58. The highest BCUT2D eigenvalue weighted by atomic mass is 16.5. The topological polar surface area (TPSA) is 70.3 Å². The summed E-state index contributed by atoms with van der Waals surface area (Å²) in [6, 6.07) is 8.68. The second-order valence-electron chi connectivity index (χ2n) is 3.94. The van der Waals surface area contributed by atoms with E-state index in [9.17, 15) is 9.90 Å². The summed E-state index contributed by atoms with van der Waals surface area (Å²) in [5.74, 6) is -0.569. The quantitative estimate of drug-likeness (QED) is 0.805. The Labute approximate surface area is 100 Å². The zero-order chi connectivity index (χ0) is 12.8. The molecule has 0 saturated carbocycles. The maximum absolute atomic E-state index is 11.1. The Morgan fingerprint density at radius 2 is 2.06 bits per heavy atom. The van der Waals surface area contributed by atoms with E-state index in [4.69, 9.17) is 5.26 Å². The van der Waals surface area contributed by atoms with E-state index in [-0.39, 0.29) is 18.3 Å². The maximum Gasteiger partial charge on any atom is 0.305 e. The van der Waals surface area contributed by atoms with E-state index in [2.05, 4.69) is 4.74 Å². The highest BCUT2D eigenvalue weighted by Crippen LogP contribution is 2.24. The summed E-state index contributed by atoms with van der Waals surface area (Å²) >= 11 is 0. The van der Waals surface area contributed by atoms with Gasteiger partial charge in [0, 0.05) is 0 Å². The van der Waals surface area contributed by atoms with Crippen molar-refractivity contribution in [1.82, 2.24) is 0 Å². The molecule has 1 aromatic rings. The van der Waals surface area contributed by atoms with Crippen LogP contribution < -0.4 is 0 Å². The Morgan fingerprint density at radius 3 is 2.53 bits per heavy atom. The number of carbonyl (C=O) groups excluding carboxylic acids is 1. The third-order valence-electron chi connectivity index (χ3n) is 2.64. The number of aliphatic hydroxyl groups excluding tert-OH is 1. The minimum Gasteiger partial charge on any atom is -0.469 e. The zero-order valence-electron chi connectivity index (χ0n) is 9.88. The van der Waals surface area contributed by atoms with Crippen molar-refractivity contribution in [2.45, 2.75) is 19.4 Å². The predicted molar refractivity (Wildman–Crippen MR) is 61.9 cm³/mol. The molecule has 0 aromatic heterocycles. The van der Waals surface area contributed by atoms with Crippen molar-refractivity contribution >= 4 is 5.97 Å². The lowest BCUT2D eigenvalue weighted by molar-refractivity contribution is -0.142. The van der Waals surface area contributed by atoms with Gasteiger partial charge in [-0.2, -0.15) is 5.26 Å². The molecule has 0 fully saturated rings. The molecule has 1 rings (SSSR count). The molecule has 0 amide bonds. The van der Waals surface area contributed by atoms with Gasteiger partial charge in [-0.25, -0.2) is 0 Å². The molecular formula is C13H15NO3. The fourth-order valence-corrected chi connectivity index (χ4v) is 1.54. The third-order valence-corrected chi connectivity index (χ3v) is 2.64. The number of aliphatic hydroxyl groups is 1. The second-order valence-corrected chi connectivity index (χ2v) is 3.94. The van der Waals surface area contributed by atoms with E-state index < -0.39 is 6.10 Å². The number of nitrogens with zero attached hydrogens (tertiary/aromatic N) is 1. The minimum absolute atomic E-state index is 0.164. The Bertz CT molecular complexity index is 419. The Kier molecular flexibility index (Phi) is 4.68. The van der Waals surface area contributed by atoms with Gasteiger partial charge in [0.1, 0.15) is 0 Å². The molecule has 1 N–H and O–H groups in total. The lowest BCUT2D eigenvalue weighted by Crippen LogP contribution is -2.14. The van der Waals surface area contributed by atoms with Crippen molar-refractivity contribution in [3.8, 4) is 6.07 Å². The molecule has 0 bridgehead atoms. The molecule has 2 unspecified atom stereocenters. The molecule has 0 spiro atoms. The summed E-state index contributed by atoms with van der Waals surface area (Å²) in [6.07, 6.45) is -0.570. The molecule has 0 saturated heterocycles. The lowest BCUT2D eigenvalue weighted by Gasteiger charge is -2.18. The predicted octanol–water partition coefficient (Wildman–Crippen LogP) is 1.79. The summed E-state index contributed by atoms with van der Waals surface area (Å²) in [5, 5.41) is 18.7. The first-order chi connectivity index (χ1) is 8.08. The average Bonchev–Trinajstić information content (AvgIpc) is 2.37. The van der Waals surface area contributed by atoms with Crippen molar-refractivity contribution < 1.29 is 14.6 Å². The zero-order valence-corrected chi connectivity index (χ0v) is 9.88. The van der Waals surface area contributed by atoms with Crippen LogP contribution in [-0.2, 0) is 9.53 Å². The van der Waals surface area contributed by atoms with Gasteiger partial charge >= 0.3 is 5.97 Å². The van der Waals surface area contributed by atoms with E-state index in [1.165, 1.54) is 7.11 Å². The monoisotopic (exact) mass is 233 g/mol. The van der Waals surface area contributed by atoms with Gasteiger partial charge in [0.05, 0.1) is 31.3 Å². The number of methoxy groups -OCH3 is 1. The van der Waals surface area contributed by atoms with Crippen molar-refractivity contribution in [1.29, 1.82) is 5.26 Å². The van der Waals surface area contributed by atoms with Gasteiger partial charge < -0.3 is 9.84 Å². The normalized spacial score (nSPS) is 13.5. The van der Waals surface area contributed by atoms with Crippen molar-refractivity contribution in [3.05, 3.63) is 35.4 Å². The van der Waals surface area contributed by atoms with Crippen LogP contribution in [0.25, 0.3) is 0 Å². The Morgan fingerprint density at radius 1 is 1.47 bits per heavy atom. The van der Waals surface area contributed by atoms with E-state index in [1.807, 2.05) is 6.07 Å². The number of esters is 1. The van der Waals surface area contributed by atoms with Gasteiger partial charge in [-0.05, 0) is 23.6 Å². The number of hydrogen-bond donors (Lipinski definition) is 1. The largest absolute Gasteiger partial charge is 0.469 e. The van der Waals surface area contributed by atoms with Crippen LogP contribution in [0.1, 0.15) is 30.6 Å². The first kappa shape index (κ1) is 13.2. The Balaban J connectivity index is 2.71. The Hall–Kier alpha value is -1.86. The molecule has 0 aliphatic heterocycles. The summed E-state index contributed by atoms with van der Waals surface area (Å²) in [6.45, 7) is 1.78. The maximum atomic E-state index is 11.1. The van der Waals surface area contributed by atoms with Crippen LogP contribution in [0.2, 0.25) is 0 Å². The van der Waals surface area contributed by atoms with Gasteiger partial charge in [-0.15, -0.1) is 0 Å². The van der Waals surface area contributed by atoms with E-state index in [0.29, 0.717) is 11.1 Å². The molecular weight excluding hydrogens is 218 g/mol. The molecule has 4 heteroatoms. The summed E-state index contributed by atoms with van der Waals surface area (Å²) < 4.78 is 4.55. The molecule has 0 aliphatic rings. The number of rotatable bonds is 4. The first-order valence-electron chi connectivity index (χ1n) is 5.33. The van der Waals surface area contributed by atoms with E-state index in [1.54, 1.807) is 31.2 Å². The van der Waals surface area contributed by atoms with Gasteiger partial charge in [0.15, 0.2) is 0 Å². The van der Waals surface area contributed by atoms with E-state index in [0.717, 1.165) is 0 Å². The number of ether oxygens (including phenoxy) is 1. The molecule has 0 heterocycles. The number of nitriles is 1. The van der Waals surface area contributed by atoms with Crippen molar-refractivity contribution in [2.75, 3.05) is 7.11 Å². The van der Waals surface area contributed by atoms with Crippen LogP contribution in [0, 0.1) is 17.2 Å². The SMILES string of the molecule is COC(=O)CC(C)C(O)c1ccc(C#N)cc1. The summed E-state index contributed by atoms with van der Waals surface area (Å²) in [7, 11) is 1.32. The fourth-order valence-electron chi connectivity index (χ4n) is 1.54. The van der Waals surface area contributed by atoms with Gasteiger partial charge in [0.25, 0.3) is 0 Å². The van der Waals surface area contributed by atoms with Gasteiger partial charge in [-0.3, -0.25) is 4.79 Å². The summed E-state index contributed by atoms with van der Waals surface area (Å²) in [4.78, 5) is 11.1. The number of hydrogen-bond acceptors (Lipinski definition) is 4. The molecule has 90 valence electrons. The van der Waals surface area contributed by atoms with Crippen molar-refractivity contribution in [2.24, 2.45) is 5.92 Å². The van der Waals surface area contributed by atoms with Crippen LogP contribution >= 0.6 is 0 Å². The molecule has 4 nitrogen and oxygen atoms in total. The summed E-state index contributed by atoms with van der Waals surface area (Å²) in [5.41, 5.74) is 1.24. The molecule has 17 heavy (non-hydrogen) atoms. The standard InChI is InChI=1S/C13H15NO3/c1-9(7-12(15)17-2)13(16)11-5-3-10(8-14)4-6-11/h3-6,9,13,16H,7H2,1-2H3. The van der Waals surface area contributed by atoms with Crippen LogP contribution in [-0.4, -0.2) is 18.2 Å². The van der Waals surface area contributed by atoms with Crippen LogP contribution in [0.15, 0.2) is 24.3 Å². The van der Waals surface area contributed by atoms with Crippen LogP contribution in [0.3, 0.4) is 0 Å². The van der Waals surface area contributed by atoms with Gasteiger partial charge in [-0.1, -0.05) is 19.1 Å². The highest BCUT2D eigenvalue weighted by molar-refractivity contribution is 5.69. The minimum atomic E-state index is -0.734. The first-order valence-corrected chi connectivity index (χ1v) is 5.33. The fraction of sp³-hybridized carbons (Fsp3) is 0.385. The average molecular weight is 233 g/mol. The molecule has 1 aromatic carbocycles. The van der Waals surface area contributed by atoms with Crippen LogP contribution in [0.5, 0.6) is 0 Å². The number of carbonyl (C=O) groups is 1. The van der Waals surface area contributed by atoms with Crippen LogP contribution in [0.4, 0.5) is 0 Å².